The summed E-state index contributed by atoms with van der Waals surface area (Å²) in [5, 5.41) is 9.39. The average Bonchev–Trinajstić information content (AvgIpc) is 3.72. The monoisotopic (exact) mass is 707 g/mol. The summed E-state index contributed by atoms with van der Waals surface area (Å²) in [5.41, 5.74) is -10.8. The van der Waals surface area contributed by atoms with Gasteiger partial charge in [0.25, 0.3) is 5.91 Å². The van der Waals surface area contributed by atoms with Crippen LogP contribution in [0.4, 0.5) is 35.1 Å². The van der Waals surface area contributed by atoms with Crippen molar-refractivity contribution in [2.45, 2.75) is 116 Å². The molecule has 1 aliphatic heterocycles. The zero-order chi connectivity index (χ0) is 35.3. The molecule has 2 aromatic rings. The van der Waals surface area contributed by atoms with Gasteiger partial charge in [-0.15, -0.1) is 0 Å². The Kier molecular flexibility index (Phi) is 7.85. The minimum atomic E-state index is -6.38. The van der Waals surface area contributed by atoms with E-state index >= 15 is 8.78 Å². The molecule has 2 saturated carbocycles. The lowest BCUT2D eigenvalue weighted by atomic mass is 9.76. The smallest absolute Gasteiger partial charge is 0.435 e. The first-order chi connectivity index (χ1) is 22.2. The molecule has 3 aliphatic carbocycles. The molecule has 1 spiro atoms. The second-order valence-electron chi connectivity index (χ2n) is 13.6. The summed E-state index contributed by atoms with van der Waals surface area (Å²) in [6.07, 6.45) is -13.6. The molecule has 3 fully saturated rings. The van der Waals surface area contributed by atoms with Gasteiger partial charge in [0, 0.05) is 11.1 Å². The minimum Gasteiger partial charge on any atom is -0.481 e. The molecule has 1 heterocycles. The third-order valence-corrected chi connectivity index (χ3v) is 13.5. The maximum atomic E-state index is 16.5. The predicted octanol–water partition coefficient (Wildman–Crippen LogP) is 7.27. The van der Waals surface area contributed by atoms with Gasteiger partial charge in [0.1, 0.15) is 4.75 Å². The highest BCUT2D eigenvalue weighted by molar-refractivity contribution is 7.92. The van der Waals surface area contributed by atoms with Crippen molar-refractivity contribution < 1.29 is 58.2 Å². The number of likely N-dealkylation sites (tertiary alicyclic amines) is 1. The number of benzene rings is 2. The number of sulfone groups is 1. The van der Waals surface area contributed by atoms with Crippen molar-refractivity contribution >= 4 is 21.7 Å². The van der Waals surface area contributed by atoms with Gasteiger partial charge in [0.15, 0.2) is 15.5 Å². The van der Waals surface area contributed by atoms with Gasteiger partial charge >= 0.3 is 24.0 Å². The highest BCUT2D eigenvalue weighted by Gasteiger charge is 2.75. The molecule has 15 heteroatoms. The number of rotatable bonds is 6. The Hall–Kier alpha value is -3.23. The number of carbonyl (C=O) groups is 2. The number of hydrogen-bond donors (Lipinski definition) is 1. The average molecular weight is 708 g/mol. The van der Waals surface area contributed by atoms with Crippen LogP contribution in [0.25, 0.3) is 0 Å². The molecule has 48 heavy (non-hydrogen) atoms. The molecule has 1 amide bonds. The topological polar surface area (TPSA) is 91.8 Å². The molecule has 1 N–H and O–H groups in total. The van der Waals surface area contributed by atoms with E-state index in [1.807, 2.05) is 6.92 Å². The molecule has 0 radical (unpaired) electrons. The van der Waals surface area contributed by atoms with Crippen LogP contribution in [0, 0.1) is 5.92 Å². The summed E-state index contributed by atoms with van der Waals surface area (Å²) < 4.78 is 142. The standard InChI is InChI=1S/C33H33F8NO5S/c1-2-19-3-7-23(8-4-19)48(46,47)30-18-28(15-16-28)42(27(45)29(34)13-11-20(12-14-29)26(43)44)25(30)10-5-21-17-22(6-9-24(21)30)31(35,32(36,37)38)33(39,40)41/h3-4,6-9,17,20,25H,2,5,10-16,18H2,1H3,(H,43,44). The van der Waals surface area contributed by atoms with Crippen LogP contribution in [0.3, 0.4) is 0 Å². The number of halogens is 8. The molecular formula is C33H33F8NO5S. The molecule has 2 atom stereocenters. The van der Waals surface area contributed by atoms with Gasteiger partial charge in [0.05, 0.1) is 16.9 Å². The van der Waals surface area contributed by atoms with E-state index in [1.165, 1.54) is 17.0 Å². The summed E-state index contributed by atoms with van der Waals surface area (Å²) >= 11 is 0. The van der Waals surface area contributed by atoms with Crippen LogP contribution < -0.4 is 0 Å². The Bertz CT molecular complexity index is 1730. The fourth-order valence-electron chi connectivity index (χ4n) is 8.28. The van der Waals surface area contributed by atoms with Gasteiger partial charge in [-0.05, 0) is 93.0 Å². The van der Waals surface area contributed by atoms with Gasteiger partial charge in [-0.2, -0.15) is 26.3 Å². The van der Waals surface area contributed by atoms with Gasteiger partial charge in [0.2, 0.25) is 0 Å². The lowest BCUT2D eigenvalue weighted by Crippen LogP contribution is -2.58. The molecule has 262 valence electrons. The summed E-state index contributed by atoms with van der Waals surface area (Å²) in [5.74, 6) is -2.98. The number of hydrogen-bond acceptors (Lipinski definition) is 4. The number of fused-ring (bicyclic) bond motifs is 3. The van der Waals surface area contributed by atoms with Gasteiger partial charge in [-0.3, -0.25) is 9.59 Å². The number of alkyl halides is 8. The van der Waals surface area contributed by atoms with E-state index in [9.17, 15) is 49.5 Å². The van der Waals surface area contributed by atoms with Crippen LogP contribution in [0.5, 0.6) is 0 Å². The zero-order valence-corrected chi connectivity index (χ0v) is 26.5. The Morgan fingerprint density at radius 3 is 1.98 bits per heavy atom. The lowest BCUT2D eigenvalue weighted by molar-refractivity contribution is -0.348. The number of carboxylic acids is 1. The van der Waals surface area contributed by atoms with Crippen molar-refractivity contribution in [2.75, 3.05) is 0 Å². The molecule has 2 unspecified atom stereocenters. The summed E-state index contributed by atoms with van der Waals surface area (Å²) in [6.45, 7) is 1.84. The number of carboxylic acid groups (broad SMARTS) is 1. The zero-order valence-electron chi connectivity index (χ0n) is 25.7. The molecule has 6 rings (SSSR count). The molecular weight excluding hydrogens is 674 g/mol. The fourth-order valence-corrected chi connectivity index (χ4v) is 10.7. The van der Waals surface area contributed by atoms with Crippen molar-refractivity contribution in [1.82, 2.24) is 4.90 Å². The van der Waals surface area contributed by atoms with E-state index < -0.39 is 86.1 Å². The number of amides is 1. The Labute approximate surface area is 271 Å². The molecule has 0 aromatic heterocycles. The van der Waals surface area contributed by atoms with Crippen molar-refractivity contribution in [3.63, 3.8) is 0 Å². The first kappa shape index (κ1) is 34.6. The first-order valence-corrected chi connectivity index (χ1v) is 17.2. The first-order valence-electron chi connectivity index (χ1n) is 15.7. The van der Waals surface area contributed by atoms with Crippen LogP contribution in [-0.2, 0) is 42.7 Å². The van der Waals surface area contributed by atoms with Gasteiger partial charge in [-0.1, -0.05) is 37.3 Å². The van der Waals surface area contributed by atoms with E-state index in [0.29, 0.717) is 18.6 Å². The maximum Gasteiger partial charge on any atom is 0.435 e. The SMILES string of the molecule is CCc1ccc(S(=O)(=O)C23CC4(CC4)N(C(=O)C4(F)CCC(C(=O)O)CC4)C2CCc2cc(C(F)(C(F)(F)F)C(F)(F)F)ccc23)cc1. The second-order valence-corrected chi connectivity index (χ2v) is 15.8. The van der Waals surface area contributed by atoms with E-state index in [-0.39, 0.29) is 61.0 Å². The molecule has 6 nitrogen and oxygen atoms in total. The van der Waals surface area contributed by atoms with Crippen LogP contribution >= 0.6 is 0 Å². The van der Waals surface area contributed by atoms with Crippen LogP contribution in [0.15, 0.2) is 47.4 Å². The molecule has 0 bridgehead atoms. The van der Waals surface area contributed by atoms with E-state index in [2.05, 4.69) is 0 Å². The van der Waals surface area contributed by atoms with Gasteiger partial charge in [-0.25, -0.2) is 17.2 Å². The largest absolute Gasteiger partial charge is 0.481 e. The molecule has 2 aromatic carbocycles. The molecule has 4 aliphatic rings. The minimum absolute atomic E-state index is 0.120. The summed E-state index contributed by atoms with van der Waals surface area (Å²) in [4.78, 5) is 26.8. The normalized spacial score (nSPS) is 28.6. The van der Waals surface area contributed by atoms with Gasteiger partial charge < -0.3 is 10.0 Å². The van der Waals surface area contributed by atoms with Crippen molar-refractivity contribution in [3.05, 3.63) is 64.7 Å². The van der Waals surface area contributed by atoms with Crippen molar-refractivity contribution in [3.8, 4) is 0 Å². The third kappa shape index (κ3) is 4.79. The summed E-state index contributed by atoms with van der Waals surface area (Å²) in [7, 11) is -4.60. The van der Waals surface area contributed by atoms with Crippen LogP contribution in [0.2, 0.25) is 0 Å². The quantitative estimate of drug-likeness (QED) is 0.319. The van der Waals surface area contributed by atoms with E-state index in [4.69, 9.17) is 0 Å². The Morgan fingerprint density at radius 2 is 1.48 bits per heavy atom. The Morgan fingerprint density at radius 1 is 0.896 bits per heavy atom. The second kappa shape index (κ2) is 10.9. The van der Waals surface area contributed by atoms with E-state index in [0.717, 1.165) is 11.6 Å². The van der Waals surface area contributed by atoms with Crippen LogP contribution in [-0.4, -0.2) is 59.9 Å². The summed E-state index contributed by atoms with van der Waals surface area (Å²) in [6, 6.07) is 6.06. The predicted molar refractivity (Wildman–Crippen MR) is 155 cm³/mol. The van der Waals surface area contributed by atoms with Crippen molar-refractivity contribution in [2.24, 2.45) is 5.92 Å². The highest BCUT2D eigenvalue weighted by atomic mass is 32.2. The van der Waals surface area contributed by atoms with E-state index in [1.54, 1.807) is 12.1 Å². The number of carbonyl (C=O) groups excluding carboxylic acids is 1. The van der Waals surface area contributed by atoms with Crippen molar-refractivity contribution in [1.29, 1.82) is 0 Å². The van der Waals surface area contributed by atoms with Crippen LogP contribution in [0.1, 0.15) is 80.5 Å². The number of aliphatic carboxylic acids is 1. The lowest BCUT2D eigenvalue weighted by Gasteiger charge is -2.45. The third-order valence-electron chi connectivity index (χ3n) is 11.1. The highest BCUT2D eigenvalue weighted by Crippen LogP contribution is 2.66. The number of nitrogens with zero attached hydrogens (tertiary/aromatic N) is 1. The fraction of sp³-hybridized carbons (Fsp3) is 0.576. The number of aryl methyl sites for hydroxylation is 2. The molecule has 1 saturated heterocycles. The Balaban J connectivity index is 1.52. The maximum absolute atomic E-state index is 16.5.